The lowest BCUT2D eigenvalue weighted by atomic mass is 9.45. The summed E-state index contributed by atoms with van der Waals surface area (Å²) in [4.78, 5) is 74.8. The second-order valence-electron chi connectivity index (χ2n) is 33.7. The number of hydroxylamine groups is 4. The number of likely N-dealkylation sites (N-methyl/N-ethyl adjacent to an activating group) is 2. The van der Waals surface area contributed by atoms with Crippen LogP contribution in [-0.2, 0) is 38.8 Å². The molecule has 5 aromatic rings. The van der Waals surface area contributed by atoms with Crippen LogP contribution in [0.2, 0.25) is 0 Å². The van der Waals surface area contributed by atoms with Crippen LogP contribution in [0.4, 0.5) is 17.1 Å². The molecule has 17 atom stereocenters. The minimum atomic E-state index is -0.898. The van der Waals surface area contributed by atoms with Crippen LogP contribution >= 0.6 is 0 Å². The van der Waals surface area contributed by atoms with E-state index in [0.29, 0.717) is 71.2 Å². The number of benzene rings is 5. The molecule has 572 valence electrons. The Hall–Kier alpha value is -7.22. The summed E-state index contributed by atoms with van der Waals surface area (Å²) in [5.41, 5.74) is 10.5. The van der Waals surface area contributed by atoms with E-state index in [1.807, 2.05) is 151 Å². The van der Waals surface area contributed by atoms with Gasteiger partial charge in [-0.25, -0.2) is 4.79 Å². The third-order valence-electron chi connectivity index (χ3n) is 25.4. The number of methoxy groups -OCH3 is 2. The van der Waals surface area contributed by atoms with E-state index in [1.54, 1.807) is 38.2 Å². The first kappa shape index (κ1) is 78.8. The summed E-state index contributed by atoms with van der Waals surface area (Å²) in [6.45, 7) is 18.9. The Bertz CT molecular complexity index is 3930. The average Bonchev–Trinajstić information content (AvgIpc) is 1.09. The van der Waals surface area contributed by atoms with Crippen LogP contribution in [0.25, 0.3) is 22.3 Å². The quantitative estimate of drug-likeness (QED) is 0.0269. The van der Waals surface area contributed by atoms with Gasteiger partial charge in [-0.2, -0.15) is 10.1 Å². The predicted octanol–water partition coefficient (Wildman–Crippen LogP) is 8.72. The van der Waals surface area contributed by atoms with Gasteiger partial charge in [0.15, 0.2) is 0 Å². The number of para-hydroxylation sites is 3. The normalized spacial score (nSPS) is 28.4. The molecule has 22 heteroatoms. The molecular formula is C83H119N10O12+. The Kier molecular flexibility index (Phi) is 24.0. The smallest absolute Gasteiger partial charge is 0.345 e. The van der Waals surface area contributed by atoms with Gasteiger partial charge in [0.05, 0.1) is 85.0 Å². The SMILES string of the molecule is COc1c(CN2O[C@@H](CO)[C@@H]([C@H](C)O)[C@H]2C(=O)N[C@H]2C[C@H]3C[C@@H]([C@@H]2C)C3(C)C)cccc1-c1cc(C(=O)[N+](C)(C)CCN(C)C)cc(N(C)C)c1.COc1c(CN2O[C@@H](CO)[C@H]([C@H](C)O)[C@H]2C(=O)NC2C[C@H]3C[C@@H]([C@@H]2C)C3(C)C)cccc1-c1cc(C(=O)NC2CNc3ccccc3C2)cc(N(C)C)c1. The number of ether oxygens (including phenoxy) is 2. The molecule has 0 radical (unpaired) electrons. The van der Waals surface area contributed by atoms with Gasteiger partial charge in [-0.1, -0.05) is 96.1 Å². The summed E-state index contributed by atoms with van der Waals surface area (Å²) in [6.07, 6.45) is 1.73. The highest BCUT2D eigenvalue weighted by Gasteiger charge is 2.59. The van der Waals surface area contributed by atoms with Crippen molar-refractivity contribution in [2.75, 3.05) is 119 Å². The lowest BCUT2D eigenvalue weighted by molar-refractivity contribution is -0.807. The van der Waals surface area contributed by atoms with Crippen molar-refractivity contribution in [1.82, 2.24) is 31.0 Å². The maximum absolute atomic E-state index is 14.3. The van der Waals surface area contributed by atoms with E-state index in [2.05, 4.69) is 79.8 Å². The maximum atomic E-state index is 14.3. The molecule has 6 aliphatic carbocycles. The van der Waals surface area contributed by atoms with Crippen LogP contribution in [0.3, 0.4) is 0 Å². The van der Waals surface area contributed by atoms with Crippen molar-refractivity contribution < 1.29 is 63.2 Å². The van der Waals surface area contributed by atoms with Crippen molar-refractivity contribution in [3.05, 3.63) is 125 Å². The maximum Gasteiger partial charge on any atom is 0.345 e. The van der Waals surface area contributed by atoms with Crippen molar-refractivity contribution in [1.29, 1.82) is 0 Å². The van der Waals surface area contributed by atoms with E-state index in [4.69, 9.17) is 19.1 Å². The fraction of sp³-hybridized carbons (Fsp3) is 0.590. The summed E-state index contributed by atoms with van der Waals surface area (Å²) in [6, 6.07) is 29.9. The molecule has 0 spiro atoms. The van der Waals surface area contributed by atoms with Gasteiger partial charge in [0.2, 0.25) is 11.8 Å². The Morgan fingerprint density at radius 1 is 0.629 bits per heavy atom. The fourth-order valence-electron chi connectivity index (χ4n) is 18.7. The van der Waals surface area contributed by atoms with Gasteiger partial charge < -0.3 is 65.9 Å². The third kappa shape index (κ3) is 16.0. The van der Waals surface area contributed by atoms with Crippen LogP contribution in [0, 0.1) is 58.2 Å². The molecule has 8 N–H and O–H groups in total. The van der Waals surface area contributed by atoms with E-state index >= 15 is 0 Å². The lowest BCUT2D eigenvalue weighted by Crippen LogP contribution is -2.62. The fourth-order valence-corrected chi connectivity index (χ4v) is 18.7. The third-order valence-corrected chi connectivity index (χ3v) is 25.4. The lowest BCUT2D eigenvalue weighted by Gasteiger charge is -2.62. The number of carbonyl (C=O) groups is 4. The predicted molar refractivity (Wildman–Crippen MR) is 410 cm³/mol. The zero-order valence-corrected chi connectivity index (χ0v) is 65.3. The zero-order chi connectivity index (χ0) is 76.0. The number of carbonyl (C=O) groups excluding carboxylic acids is 4. The number of aliphatic hydroxyl groups is 4. The molecule has 6 saturated carbocycles. The van der Waals surface area contributed by atoms with Crippen LogP contribution in [0.5, 0.6) is 11.5 Å². The van der Waals surface area contributed by atoms with Crippen molar-refractivity contribution >= 4 is 40.7 Å². The highest BCUT2D eigenvalue weighted by atomic mass is 16.7. The van der Waals surface area contributed by atoms with Gasteiger partial charge in [-0.05, 0) is 166 Å². The number of aliphatic hydroxyl groups excluding tert-OH is 4. The Labute approximate surface area is 622 Å². The van der Waals surface area contributed by atoms with Gasteiger partial charge in [0.25, 0.3) is 5.91 Å². The molecule has 2 saturated heterocycles. The molecular weight excluding hydrogens is 1330 g/mol. The zero-order valence-electron chi connectivity index (χ0n) is 65.3. The minimum Gasteiger partial charge on any atom is -0.496 e. The number of anilines is 3. The summed E-state index contributed by atoms with van der Waals surface area (Å²) < 4.78 is 12.4. The largest absolute Gasteiger partial charge is 0.496 e. The molecule has 105 heavy (non-hydrogen) atoms. The monoisotopic (exact) mass is 1450 g/mol. The van der Waals surface area contributed by atoms with Crippen molar-refractivity contribution in [2.24, 2.45) is 58.2 Å². The first-order chi connectivity index (χ1) is 49.7. The number of amides is 4. The summed E-state index contributed by atoms with van der Waals surface area (Å²) >= 11 is 0. The van der Waals surface area contributed by atoms with Crippen molar-refractivity contribution in [3.63, 3.8) is 0 Å². The highest BCUT2D eigenvalue weighted by Crippen LogP contribution is 2.62. The second-order valence-corrected chi connectivity index (χ2v) is 33.7. The standard InChI is InChI=1S/C43H57N5O6.C40H61N5O6/c1-24-34-19-30(43(34,3)4)20-36(24)46-42(52)39-38(25(2)50)37(23-49)54-48(39)22-27-12-10-13-33(40(27)53-7)28-15-29(18-32(17-28)47(5)6)41(51)45-31-16-26-11-8-9-14-35(26)44-21-31;1-24-32-20-29(40(32,3)4)21-33(24)41-38(48)36-35(25(2)47)34(23-46)51-44(36)22-26-13-12-14-31(37(26)50-11)27-17-28(19-30(18-27)43(7)8)39(49)45(9,10)16-15-42(5)6/h8-15,17-18,24-25,30-31,34,36-39,44,49-50H,16,19-23H2,1-7H3,(H,45,51)(H,46,52);12-14,17-19,24-25,29,32-36,46-47H,15-16,20-23H2,1-11H3/p+1/t24-,25-,30+,31?,34-,36?,37-,38-,39-;24-,25-,29+,32-,33-,34-,35+,36-/m00/s1. The number of rotatable bonds is 24. The highest BCUT2D eigenvalue weighted by molar-refractivity contribution is 5.98. The molecule has 5 aromatic carbocycles. The summed E-state index contributed by atoms with van der Waals surface area (Å²) in [5.74, 6) is 2.32. The average molecular weight is 1450 g/mol. The molecule has 8 fully saturated rings. The number of fused-ring (bicyclic) bond motifs is 5. The Balaban J connectivity index is 0.000000210. The van der Waals surface area contributed by atoms with Crippen LogP contribution < -0.4 is 40.5 Å². The van der Waals surface area contributed by atoms with Crippen molar-refractivity contribution in [2.45, 2.75) is 155 Å². The molecule has 0 aromatic heterocycles. The number of hydrogen-bond donors (Lipinski definition) is 8. The molecule has 4 bridgehead atoms. The minimum absolute atomic E-state index is 0.0172. The number of quaternary nitrogens is 1. The van der Waals surface area contributed by atoms with Gasteiger partial charge in [-0.3, -0.25) is 28.5 Å². The molecule has 3 aliphatic heterocycles. The Morgan fingerprint density at radius 3 is 1.50 bits per heavy atom. The van der Waals surface area contributed by atoms with E-state index in [0.717, 1.165) is 76.3 Å². The van der Waals surface area contributed by atoms with E-state index in [9.17, 15) is 39.6 Å². The number of hydrogen-bond acceptors (Lipinski definition) is 18. The topological polar surface area (TPSA) is 250 Å². The number of nitrogens with zero attached hydrogens (tertiary/aromatic N) is 6. The van der Waals surface area contributed by atoms with Gasteiger partial charge in [0.1, 0.15) is 35.8 Å². The van der Waals surface area contributed by atoms with Gasteiger partial charge >= 0.3 is 5.91 Å². The Morgan fingerprint density at radius 2 is 1.09 bits per heavy atom. The van der Waals surface area contributed by atoms with Gasteiger partial charge in [-0.15, -0.1) is 0 Å². The molecule has 22 nitrogen and oxygen atoms in total. The van der Waals surface area contributed by atoms with Crippen LogP contribution in [-0.4, -0.2) is 222 Å². The first-order valence-corrected chi connectivity index (χ1v) is 37.9. The summed E-state index contributed by atoms with van der Waals surface area (Å²) in [5, 5.41) is 59.2. The van der Waals surface area contributed by atoms with E-state index < -0.39 is 48.3 Å². The molecule has 14 rings (SSSR count). The van der Waals surface area contributed by atoms with Crippen molar-refractivity contribution in [3.8, 4) is 33.8 Å². The molecule has 2 unspecified atom stereocenters. The van der Waals surface area contributed by atoms with Crippen LogP contribution in [0.1, 0.15) is 118 Å². The summed E-state index contributed by atoms with van der Waals surface area (Å²) in [7, 11) is 18.9. The molecule has 4 amide bonds. The van der Waals surface area contributed by atoms with Gasteiger partial charge in [0, 0.05) is 110 Å². The second kappa shape index (κ2) is 31.9. The van der Waals surface area contributed by atoms with Crippen LogP contribution in [0.15, 0.2) is 97.1 Å². The molecule has 9 aliphatic rings. The van der Waals surface area contributed by atoms with E-state index in [1.165, 1.54) is 18.4 Å². The molecule has 3 heterocycles. The first-order valence-electron chi connectivity index (χ1n) is 37.9. The number of nitrogens with one attached hydrogen (secondary N) is 4. The van der Waals surface area contributed by atoms with E-state index in [-0.39, 0.29) is 83.4 Å².